The van der Waals surface area contributed by atoms with Gasteiger partial charge in [0.15, 0.2) is 6.04 Å². The molecular formula is C17H17NO3. The van der Waals surface area contributed by atoms with E-state index in [-0.39, 0.29) is 0 Å². The number of anilines is 1. The lowest BCUT2D eigenvalue weighted by molar-refractivity contribution is -0.139. The average molecular weight is 283 g/mol. The van der Waals surface area contributed by atoms with Crippen LogP contribution in [0, 0.1) is 0 Å². The number of carboxylic acid groups (broad SMARTS) is 1. The van der Waals surface area contributed by atoms with Crippen LogP contribution in [-0.4, -0.2) is 17.5 Å². The van der Waals surface area contributed by atoms with Gasteiger partial charge in [0.1, 0.15) is 0 Å². The summed E-state index contributed by atoms with van der Waals surface area (Å²) in [5.74, 6) is -1.06. The van der Waals surface area contributed by atoms with Gasteiger partial charge in [0.05, 0.1) is 0 Å². The molecule has 0 aromatic heterocycles. The first-order chi connectivity index (χ1) is 10.2. The van der Waals surface area contributed by atoms with Crippen LogP contribution >= 0.6 is 0 Å². The highest BCUT2D eigenvalue weighted by molar-refractivity contribution is 5.89. The third-order valence-corrected chi connectivity index (χ3v) is 3.38. The zero-order chi connectivity index (χ0) is 15.2. The lowest BCUT2D eigenvalue weighted by Crippen LogP contribution is -2.33. The van der Waals surface area contributed by atoms with Crippen molar-refractivity contribution < 1.29 is 14.7 Å². The van der Waals surface area contributed by atoms with Gasteiger partial charge in [-0.05, 0) is 29.7 Å². The molecule has 21 heavy (non-hydrogen) atoms. The summed E-state index contributed by atoms with van der Waals surface area (Å²) in [4.78, 5) is 24.3. The van der Waals surface area contributed by atoms with Crippen LogP contribution in [-0.2, 0) is 16.0 Å². The molecule has 1 amide bonds. The molecular weight excluding hydrogens is 266 g/mol. The predicted octanol–water partition coefficient (Wildman–Crippen LogP) is 3.04. The molecule has 2 rings (SSSR count). The van der Waals surface area contributed by atoms with E-state index in [0.717, 1.165) is 12.0 Å². The predicted molar refractivity (Wildman–Crippen MR) is 81.2 cm³/mol. The summed E-state index contributed by atoms with van der Waals surface area (Å²) in [5, 5.41) is 9.49. The molecule has 1 unspecified atom stereocenters. The number of aliphatic carboxylic acids is 1. The summed E-state index contributed by atoms with van der Waals surface area (Å²) < 4.78 is 0. The number of amides is 1. The minimum Gasteiger partial charge on any atom is -0.479 e. The summed E-state index contributed by atoms with van der Waals surface area (Å²) in [6, 6.07) is 15.0. The van der Waals surface area contributed by atoms with Crippen LogP contribution in [0.15, 0.2) is 54.6 Å². The molecule has 0 spiro atoms. The number of hydrogen-bond donors (Lipinski definition) is 1. The van der Waals surface area contributed by atoms with E-state index in [9.17, 15) is 14.7 Å². The Morgan fingerprint density at radius 3 is 2.24 bits per heavy atom. The number of carboxylic acids is 1. The molecule has 2 aromatic carbocycles. The number of hydrogen-bond acceptors (Lipinski definition) is 2. The number of nitrogens with zero attached hydrogens (tertiary/aromatic N) is 1. The third-order valence-electron chi connectivity index (χ3n) is 3.38. The minimum absolute atomic E-state index is 0.562. The van der Waals surface area contributed by atoms with E-state index < -0.39 is 12.0 Å². The number of rotatable bonds is 6. The van der Waals surface area contributed by atoms with Crippen molar-refractivity contribution in [3.05, 3.63) is 65.7 Å². The van der Waals surface area contributed by atoms with Crippen LogP contribution < -0.4 is 4.90 Å². The molecule has 1 N–H and O–H groups in total. The maximum absolute atomic E-state index is 11.6. The smallest absolute Gasteiger partial charge is 0.331 e. The van der Waals surface area contributed by atoms with Crippen LogP contribution in [0.4, 0.5) is 5.69 Å². The van der Waals surface area contributed by atoms with Gasteiger partial charge >= 0.3 is 5.97 Å². The van der Waals surface area contributed by atoms with Gasteiger partial charge in [-0.15, -0.1) is 0 Å². The quantitative estimate of drug-likeness (QED) is 0.829. The highest BCUT2D eigenvalue weighted by Crippen LogP contribution is 2.26. The number of benzene rings is 2. The van der Waals surface area contributed by atoms with E-state index in [2.05, 4.69) is 0 Å². The van der Waals surface area contributed by atoms with E-state index in [1.807, 2.05) is 25.1 Å². The Labute approximate surface area is 123 Å². The highest BCUT2D eigenvalue weighted by atomic mass is 16.4. The molecule has 0 bridgehead atoms. The van der Waals surface area contributed by atoms with Gasteiger partial charge in [0, 0.05) is 5.69 Å². The maximum Gasteiger partial charge on any atom is 0.331 e. The summed E-state index contributed by atoms with van der Waals surface area (Å²) in [6.07, 6.45) is 1.45. The van der Waals surface area contributed by atoms with Gasteiger partial charge in [-0.25, -0.2) is 4.79 Å². The van der Waals surface area contributed by atoms with E-state index in [4.69, 9.17) is 0 Å². The Morgan fingerprint density at radius 2 is 1.76 bits per heavy atom. The molecule has 0 heterocycles. The largest absolute Gasteiger partial charge is 0.479 e. The first-order valence-corrected chi connectivity index (χ1v) is 6.77. The fourth-order valence-corrected chi connectivity index (χ4v) is 2.23. The standard InChI is InChI=1S/C17H17NO3/c1-2-13-8-10-15(11-9-13)18(12-19)16(17(20)21)14-6-4-3-5-7-14/h3-12,16H,2H2,1H3,(H,20,21). The molecule has 0 radical (unpaired) electrons. The van der Waals surface area contributed by atoms with Crippen molar-refractivity contribution in [1.82, 2.24) is 0 Å². The van der Waals surface area contributed by atoms with E-state index in [1.54, 1.807) is 36.4 Å². The molecule has 4 heteroatoms. The van der Waals surface area contributed by atoms with Crippen molar-refractivity contribution in [2.24, 2.45) is 0 Å². The van der Waals surface area contributed by atoms with Gasteiger partial charge in [-0.3, -0.25) is 9.69 Å². The van der Waals surface area contributed by atoms with Crippen molar-refractivity contribution in [3.8, 4) is 0 Å². The van der Waals surface area contributed by atoms with Gasteiger partial charge in [-0.1, -0.05) is 49.4 Å². The molecule has 2 aromatic rings. The second-order valence-corrected chi connectivity index (χ2v) is 4.68. The summed E-state index contributed by atoms with van der Waals surface area (Å²) in [6.45, 7) is 2.04. The van der Waals surface area contributed by atoms with Crippen LogP contribution in [0.25, 0.3) is 0 Å². The lowest BCUT2D eigenvalue weighted by Gasteiger charge is -2.25. The Kier molecular flexibility index (Phi) is 4.72. The number of aryl methyl sites for hydroxylation is 1. The van der Waals surface area contributed by atoms with E-state index in [1.165, 1.54) is 4.90 Å². The Hall–Kier alpha value is -2.62. The lowest BCUT2D eigenvalue weighted by atomic mass is 10.0. The Morgan fingerprint density at radius 1 is 1.14 bits per heavy atom. The zero-order valence-electron chi connectivity index (χ0n) is 11.8. The van der Waals surface area contributed by atoms with E-state index >= 15 is 0 Å². The topological polar surface area (TPSA) is 57.6 Å². The highest BCUT2D eigenvalue weighted by Gasteiger charge is 2.27. The van der Waals surface area contributed by atoms with E-state index in [0.29, 0.717) is 17.7 Å². The van der Waals surface area contributed by atoms with Crippen LogP contribution in [0.2, 0.25) is 0 Å². The molecule has 0 aliphatic carbocycles. The van der Waals surface area contributed by atoms with Gasteiger partial charge in [0.2, 0.25) is 6.41 Å². The van der Waals surface area contributed by atoms with Crippen LogP contribution in [0.1, 0.15) is 24.1 Å². The Bertz CT molecular complexity index is 608. The third kappa shape index (κ3) is 3.28. The Balaban J connectivity index is 2.40. The van der Waals surface area contributed by atoms with Crippen molar-refractivity contribution in [2.45, 2.75) is 19.4 Å². The van der Waals surface area contributed by atoms with Crippen molar-refractivity contribution >= 4 is 18.1 Å². The molecule has 108 valence electrons. The molecule has 0 aliphatic rings. The summed E-state index contributed by atoms with van der Waals surface area (Å²) in [7, 11) is 0. The molecule has 0 aliphatic heterocycles. The van der Waals surface area contributed by atoms with Crippen LogP contribution in [0.5, 0.6) is 0 Å². The number of carbonyl (C=O) groups is 2. The fraction of sp³-hybridized carbons (Fsp3) is 0.176. The SMILES string of the molecule is CCc1ccc(N(C=O)C(C(=O)O)c2ccccc2)cc1. The molecule has 0 saturated carbocycles. The number of carbonyl (C=O) groups excluding carboxylic acids is 1. The molecule has 0 fully saturated rings. The monoisotopic (exact) mass is 283 g/mol. The van der Waals surface area contributed by atoms with Crippen molar-refractivity contribution in [2.75, 3.05) is 4.90 Å². The van der Waals surface area contributed by atoms with Crippen LogP contribution in [0.3, 0.4) is 0 Å². The second kappa shape index (κ2) is 6.70. The first kappa shape index (κ1) is 14.8. The normalized spacial score (nSPS) is 11.7. The average Bonchev–Trinajstić information content (AvgIpc) is 2.53. The van der Waals surface area contributed by atoms with Gasteiger partial charge < -0.3 is 5.11 Å². The zero-order valence-corrected chi connectivity index (χ0v) is 11.8. The molecule has 0 saturated heterocycles. The molecule has 1 atom stereocenters. The van der Waals surface area contributed by atoms with Gasteiger partial charge in [0.25, 0.3) is 0 Å². The minimum atomic E-state index is -1.06. The second-order valence-electron chi connectivity index (χ2n) is 4.68. The first-order valence-electron chi connectivity index (χ1n) is 6.77. The maximum atomic E-state index is 11.6. The molecule has 4 nitrogen and oxygen atoms in total. The summed E-state index contributed by atoms with van der Waals surface area (Å²) >= 11 is 0. The summed E-state index contributed by atoms with van der Waals surface area (Å²) in [5.41, 5.74) is 2.27. The van der Waals surface area contributed by atoms with Crippen molar-refractivity contribution in [1.29, 1.82) is 0 Å². The van der Waals surface area contributed by atoms with Crippen molar-refractivity contribution in [3.63, 3.8) is 0 Å². The fourth-order valence-electron chi connectivity index (χ4n) is 2.23. The van der Waals surface area contributed by atoms with Gasteiger partial charge in [-0.2, -0.15) is 0 Å².